The number of methoxy groups -OCH3 is 1. The Bertz CT molecular complexity index is 1500. The molecule has 0 amide bonds. The molecule has 0 radical (unpaired) electrons. The second-order valence-corrected chi connectivity index (χ2v) is 8.86. The third kappa shape index (κ3) is 4.58. The molecule has 0 unspecified atom stereocenters. The summed E-state index contributed by atoms with van der Waals surface area (Å²) >= 11 is 7.50. The molecule has 0 saturated heterocycles. The van der Waals surface area contributed by atoms with E-state index in [0.29, 0.717) is 51.3 Å². The Labute approximate surface area is 198 Å². The average molecular weight is 478 g/mol. The number of nitrogens with one attached hydrogen (secondary N) is 1. The number of aromatic amines is 1. The van der Waals surface area contributed by atoms with Gasteiger partial charge in [0.15, 0.2) is 10.8 Å². The van der Waals surface area contributed by atoms with Gasteiger partial charge in [-0.2, -0.15) is 0 Å². The number of H-pyrrole nitrogens is 1. The summed E-state index contributed by atoms with van der Waals surface area (Å²) < 4.78 is 6.99. The first-order chi connectivity index (χ1) is 16.1. The van der Waals surface area contributed by atoms with Crippen molar-refractivity contribution in [3.8, 4) is 5.75 Å². The van der Waals surface area contributed by atoms with E-state index in [0.717, 1.165) is 16.8 Å². The molecule has 9 heteroatoms. The van der Waals surface area contributed by atoms with Crippen LogP contribution in [0.3, 0.4) is 0 Å². The topological polar surface area (TPSA) is 85.7 Å². The largest absolute Gasteiger partial charge is 0.497 e. The van der Waals surface area contributed by atoms with Crippen LogP contribution in [-0.4, -0.2) is 31.6 Å². The average Bonchev–Trinajstić information content (AvgIpc) is 3.24. The van der Waals surface area contributed by atoms with Gasteiger partial charge in [-0.05, 0) is 42.3 Å². The van der Waals surface area contributed by atoms with Crippen molar-refractivity contribution < 1.29 is 4.74 Å². The smallest absolute Gasteiger partial charge is 0.261 e. The van der Waals surface area contributed by atoms with Crippen LogP contribution in [0.15, 0.2) is 70.7 Å². The van der Waals surface area contributed by atoms with Crippen molar-refractivity contribution >= 4 is 45.4 Å². The fourth-order valence-corrected chi connectivity index (χ4v) is 4.62. The maximum absolute atomic E-state index is 13.3. The van der Waals surface area contributed by atoms with E-state index in [1.807, 2.05) is 48.5 Å². The number of fused-ring (bicyclic) bond motifs is 2. The molecule has 0 fully saturated rings. The number of hydrogen-bond donors (Lipinski definition) is 1. The summed E-state index contributed by atoms with van der Waals surface area (Å²) in [6, 6.07) is 17.1. The quantitative estimate of drug-likeness (QED) is 0.337. The van der Waals surface area contributed by atoms with Crippen LogP contribution in [0.5, 0.6) is 5.75 Å². The van der Waals surface area contributed by atoms with Crippen molar-refractivity contribution in [2.45, 2.75) is 23.9 Å². The number of pyridine rings is 1. The summed E-state index contributed by atoms with van der Waals surface area (Å²) in [4.78, 5) is 30.1. The number of aryl methyl sites for hydroxylation is 1. The van der Waals surface area contributed by atoms with Crippen molar-refractivity contribution in [3.63, 3.8) is 0 Å². The van der Waals surface area contributed by atoms with Crippen LogP contribution in [0, 0.1) is 0 Å². The van der Waals surface area contributed by atoms with Gasteiger partial charge in [-0.15, -0.1) is 0 Å². The third-order valence-corrected chi connectivity index (χ3v) is 6.42. The molecule has 0 atom stereocenters. The van der Waals surface area contributed by atoms with Gasteiger partial charge < -0.3 is 9.72 Å². The monoisotopic (exact) mass is 477 g/mol. The predicted octanol–water partition coefficient (Wildman–Crippen LogP) is 4.86. The highest BCUT2D eigenvalue weighted by Gasteiger charge is 2.13. The van der Waals surface area contributed by atoms with Crippen molar-refractivity contribution in [2.24, 2.45) is 0 Å². The van der Waals surface area contributed by atoms with E-state index in [1.54, 1.807) is 23.9 Å². The molecule has 0 saturated carbocycles. The molecule has 33 heavy (non-hydrogen) atoms. The summed E-state index contributed by atoms with van der Waals surface area (Å²) in [6.07, 6.45) is 2.27. The zero-order valence-corrected chi connectivity index (χ0v) is 19.4. The number of rotatable bonds is 7. The number of imidazole rings is 1. The highest BCUT2D eigenvalue weighted by atomic mass is 35.5. The Morgan fingerprint density at radius 3 is 2.76 bits per heavy atom. The molecule has 5 rings (SSSR count). The Kier molecular flexibility index (Phi) is 6.02. The molecule has 0 aliphatic carbocycles. The lowest BCUT2D eigenvalue weighted by Crippen LogP contribution is -2.26. The number of para-hydroxylation sites is 1. The summed E-state index contributed by atoms with van der Waals surface area (Å²) in [5.74, 6) is 1.99. The molecule has 1 N–H and O–H groups in total. The van der Waals surface area contributed by atoms with Crippen molar-refractivity contribution in [3.05, 3.63) is 87.6 Å². The van der Waals surface area contributed by atoms with Crippen LogP contribution < -0.4 is 10.3 Å². The van der Waals surface area contributed by atoms with Crippen LogP contribution in [0.2, 0.25) is 5.02 Å². The van der Waals surface area contributed by atoms with Gasteiger partial charge in [-0.3, -0.25) is 9.36 Å². The molecule has 7 nitrogen and oxygen atoms in total. The van der Waals surface area contributed by atoms with Gasteiger partial charge in [-0.25, -0.2) is 15.0 Å². The van der Waals surface area contributed by atoms with Crippen LogP contribution in [0.1, 0.15) is 11.4 Å². The van der Waals surface area contributed by atoms with Crippen molar-refractivity contribution in [1.82, 2.24) is 24.5 Å². The highest BCUT2D eigenvalue weighted by molar-refractivity contribution is 7.98. The van der Waals surface area contributed by atoms with Gasteiger partial charge in [0.05, 0.1) is 34.3 Å². The lowest BCUT2D eigenvalue weighted by Gasteiger charge is -2.13. The molecule has 0 aliphatic heterocycles. The van der Waals surface area contributed by atoms with E-state index in [2.05, 4.69) is 15.0 Å². The standard InChI is InChI=1S/C24H20ClN5O2S/c1-32-17-8-6-15(7-9-17)10-11-30-21(27-19-5-3-2-4-18(19)23(30)31)14-33-24-28-20-12-16(25)13-26-22(20)29-24/h2-9,12-13H,10-11,14H2,1H3,(H,26,28,29). The second kappa shape index (κ2) is 9.25. The zero-order chi connectivity index (χ0) is 22.8. The first kappa shape index (κ1) is 21.5. The Morgan fingerprint density at radius 2 is 1.94 bits per heavy atom. The molecule has 3 heterocycles. The molecule has 166 valence electrons. The van der Waals surface area contributed by atoms with E-state index in [1.165, 1.54) is 11.8 Å². The number of aromatic nitrogens is 5. The first-order valence-electron chi connectivity index (χ1n) is 10.4. The number of halogens is 1. The van der Waals surface area contributed by atoms with Gasteiger partial charge in [0.1, 0.15) is 11.6 Å². The van der Waals surface area contributed by atoms with Gasteiger partial charge >= 0.3 is 0 Å². The summed E-state index contributed by atoms with van der Waals surface area (Å²) in [5, 5.41) is 1.86. The van der Waals surface area contributed by atoms with Crippen LogP contribution in [0.25, 0.3) is 22.1 Å². The fraction of sp³-hybridized carbons (Fsp3) is 0.167. The maximum atomic E-state index is 13.3. The molecule has 2 aromatic carbocycles. The molecule has 5 aromatic rings. The van der Waals surface area contributed by atoms with E-state index in [4.69, 9.17) is 21.3 Å². The minimum atomic E-state index is -0.0391. The number of thioether (sulfide) groups is 1. The SMILES string of the molecule is COc1ccc(CCn2c(CSc3nc4ncc(Cl)cc4[nH]3)nc3ccccc3c2=O)cc1. The molecule has 0 spiro atoms. The lowest BCUT2D eigenvalue weighted by molar-refractivity contribution is 0.414. The second-order valence-electron chi connectivity index (χ2n) is 7.46. The van der Waals surface area contributed by atoms with Crippen LogP contribution in [-0.2, 0) is 18.7 Å². The lowest BCUT2D eigenvalue weighted by atomic mass is 10.1. The Morgan fingerprint density at radius 1 is 1.12 bits per heavy atom. The van der Waals surface area contributed by atoms with Gasteiger partial charge in [0, 0.05) is 12.7 Å². The van der Waals surface area contributed by atoms with E-state index >= 15 is 0 Å². The van der Waals surface area contributed by atoms with E-state index in [9.17, 15) is 4.79 Å². The van der Waals surface area contributed by atoms with Gasteiger partial charge in [-0.1, -0.05) is 47.6 Å². The number of nitrogens with zero attached hydrogens (tertiary/aromatic N) is 4. The normalized spacial score (nSPS) is 11.3. The predicted molar refractivity (Wildman–Crippen MR) is 131 cm³/mol. The van der Waals surface area contributed by atoms with E-state index < -0.39 is 0 Å². The molecule has 3 aromatic heterocycles. The Hall–Kier alpha value is -3.36. The minimum Gasteiger partial charge on any atom is -0.497 e. The molecule has 0 aliphatic rings. The summed E-state index contributed by atoms with van der Waals surface area (Å²) in [6.45, 7) is 0.524. The number of hydrogen-bond acceptors (Lipinski definition) is 6. The van der Waals surface area contributed by atoms with Gasteiger partial charge in [0.2, 0.25) is 0 Å². The highest BCUT2D eigenvalue weighted by Crippen LogP contribution is 2.24. The summed E-state index contributed by atoms with van der Waals surface area (Å²) in [5.41, 5.74) is 3.15. The van der Waals surface area contributed by atoms with Crippen LogP contribution in [0.4, 0.5) is 0 Å². The third-order valence-electron chi connectivity index (χ3n) is 5.34. The fourth-order valence-electron chi connectivity index (χ4n) is 3.64. The maximum Gasteiger partial charge on any atom is 0.261 e. The number of benzene rings is 2. The number of ether oxygens (including phenoxy) is 1. The first-order valence-corrected chi connectivity index (χ1v) is 11.7. The van der Waals surface area contributed by atoms with Crippen molar-refractivity contribution in [2.75, 3.05) is 7.11 Å². The zero-order valence-electron chi connectivity index (χ0n) is 17.8. The van der Waals surface area contributed by atoms with Gasteiger partial charge in [0.25, 0.3) is 5.56 Å². The summed E-state index contributed by atoms with van der Waals surface area (Å²) in [7, 11) is 1.64. The molecule has 0 bridgehead atoms. The minimum absolute atomic E-state index is 0.0391. The Balaban J connectivity index is 1.44. The van der Waals surface area contributed by atoms with E-state index in [-0.39, 0.29) is 5.56 Å². The molecular formula is C24H20ClN5O2S. The molecular weight excluding hydrogens is 458 g/mol. The van der Waals surface area contributed by atoms with Crippen molar-refractivity contribution in [1.29, 1.82) is 0 Å². The van der Waals surface area contributed by atoms with Crippen LogP contribution >= 0.6 is 23.4 Å².